The van der Waals surface area contributed by atoms with Crippen LogP contribution in [0.2, 0.25) is 0 Å². The number of hydrogen-bond donors (Lipinski definition) is 3. The minimum atomic E-state index is -0.0724. The molecular formula is C17H15N3OS. The molecule has 1 amide bonds. The molecule has 2 aromatic carbocycles. The van der Waals surface area contributed by atoms with Crippen molar-refractivity contribution in [3.05, 3.63) is 70.6 Å². The van der Waals surface area contributed by atoms with Crippen LogP contribution in [0.25, 0.3) is 10.1 Å². The smallest absolute Gasteiger partial charge is 0.261 e. The Morgan fingerprint density at radius 3 is 2.55 bits per heavy atom. The van der Waals surface area contributed by atoms with E-state index in [1.807, 2.05) is 42.5 Å². The van der Waals surface area contributed by atoms with Crippen LogP contribution < -0.4 is 11.1 Å². The highest BCUT2D eigenvalue weighted by molar-refractivity contribution is 7.20. The largest absolute Gasteiger partial charge is 0.384 e. The lowest BCUT2D eigenvalue weighted by molar-refractivity contribution is 0.0955. The molecule has 0 spiro atoms. The number of nitrogens with one attached hydrogen (secondary N) is 2. The number of benzene rings is 2. The van der Waals surface area contributed by atoms with Gasteiger partial charge in [-0.1, -0.05) is 42.5 Å². The molecule has 110 valence electrons. The van der Waals surface area contributed by atoms with Gasteiger partial charge in [-0.25, -0.2) is 0 Å². The highest BCUT2D eigenvalue weighted by Crippen LogP contribution is 2.25. The van der Waals surface area contributed by atoms with Gasteiger partial charge < -0.3 is 11.1 Å². The van der Waals surface area contributed by atoms with E-state index in [-0.39, 0.29) is 11.7 Å². The van der Waals surface area contributed by atoms with Crippen molar-refractivity contribution in [2.24, 2.45) is 5.73 Å². The molecule has 4 N–H and O–H groups in total. The summed E-state index contributed by atoms with van der Waals surface area (Å²) >= 11 is 1.49. The molecule has 1 heterocycles. The van der Waals surface area contributed by atoms with E-state index >= 15 is 0 Å². The molecule has 0 fully saturated rings. The van der Waals surface area contributed by atoms with Gasteiger partial charge in [-0.2, -0.15) is 0 Å². The molecule has 22 heavy (non-hydrogen) atoms. The first kappa shape index (κ1) is 14.3. The fraction of sp³-hybridized carbons (Fsp3) is 0.0588. The lowest BCUT2D eigenvalue weighted by atomic mass is 10.1. The van der Waals surface area contributed by atoms with Gasteiger partial charge in [0.1, 0.15) is 5.84 Å². The minimum absolute atomic E-state index is 0.0425. The number of fused-ring (bicyclic) bond motifs is 1. The van der Waals surface area contributed by atoms with Gasteiger partial charge in [-0.15, -0.1) is 11.3 Å². The molecule has 3 rings (SSSR count). The Morgan fingerprint density at radius 2 is 1.86 bits per heavy atom. The third kappa shape index (κ3) is 2.99. The first-order chi connectivity index (χ1) is 10.6. The molecule has 0 atom stereocenters. The normalized spacial score (nSPS) is 10.5. The summed E-state index contributed by atoms with van der Waals surface area (Å²) in [6.45, 7) is 0.450. The van der Waals surface area contributed by atoms with E-state index in [1.54, 1.807) is 12.1 Å². The highest BCUT2D eigenvalue weighted by atomic mass is 32.1. The van der Waals surface area contributed by atoms with Gasteiger partial charge in [-0.3, -0.25) is 10.2 Å². The summed E-state index contributed by atoms with van der Waals surface area (Å²) < 4.78 is 1.11. The van der Waals surface area contributed by atoms with E-state index in [4.69, 9.17) is 11.1 Å². The number of amidine groups is 1. The molecule has 0 saturated carbocycles. The summed E-state index contributed by atoms with van der Waals surface area (Å²) in [5.41, 5.74) is 7.07. The monoisotopic (exact) mass is 309 g/mol. The van der Waals surface area contributed by atoms with E-state index in [1.165, 1.54) is 11.3 Å². The number of nitrogen functional groups attached to an aromatic ring is 1. The zero-order valence-electron chi connectivity index (χ0n) is 11.8. The minimum Gasteiger partial charge on any atom is -0.384 e. The van der Waals surface area contributed by atoms with Gasteiger partial charge in [0.15, 0.2) is 0 Å². The van der Waals surface area contributed by atoms with Crippen LogP contribution >= 0.6 is 11.3 Å². The molecule has 0 bridgehead atoms. The van der Waals surface area contributed by atoms with Crippen molar-refractivity contribution in [2.75, 3.05) is 0 Å². The number of rotatable bonds is 4. The van der Waals surface area contributed by atoms with Crippen LogP contribution in [0.5, 0.6) is 0 Å². The Morgan fingerprint density at radius 1 is 1.14 bits per heavy atom. The maximum absolute atomic E-state index is 12.2. The number of nitrogens with two attached hydrogens (primary N) is 1. The molecule has 0 unspecified atom stereocenters. The van der Waals surface area contributed by atoms with Crippen LogP contribution in [0, 0.1) is 5.41 Å². The number of carbonyl (C=O) groups excluding carboxylic acids is 1. The molecule has 4 nitrogen and oxygen atoms in total. The van der Waals surface area contributed by atoms with Crippen molar-refractivity contribution in [1.82, 2.24) is 5.32 Å². The van der Waals surface area contributed by atoms with Crippen molar-refractivity contribution in [2.45, 2.75) is 6.54 Å². The second-order valence-electron chi connectivity index (χ2n) is 4.94. The van der Waals surface area contributed by atoms with Gasteiger partial charge in [0.2, 0.25) is 0 Å². The Bertz CT molecular complexity index is 803. The van der Waals surface area contributed by atoms with Gasteiger partial charge in [0.25, 0.3) is 5.91 Å². The van der Waals surface area contributed by atoms with E-state index < -0.39 is 0 Å². The molecule has 0 saturated heterocycles. The van der Waals surface area contributed by atoms with Gasteiger partial charge >= 0.3 is 0 Å². The maximum Gasteiger partial charge on any atom is 0.261 e. The average molecular weight is 309 g/mol. The van der Waals surface area contributed by atoms with E-state index in [0.29, 0.717) is 17.0 Å². The molecular weight excluding hydrogens is 294 g/mol. The SMILES string of the molecule is N=C(N)c1ccc(CNC(=O)c2cc3ccccc3s2)cc1. The predicted molar refractivity (Wildman–Crippen MR) is 90.5 cm³/mol. The second kappa shape index (κ2) is 5.99. The van der Waals surface area contributed by atoms with Crippen LogP contribution in [0.3, 0.4) is 0 Å². The van der Waals surface area contributed by atoms with Crippen molar-refractivity contribution < 1.29 is 4.79 Å². The molecule has 0 aliphatic heterocycles. The Hall–Kier alpha value is -2.66. The van der Waals surface area contributed by atoms with Crippen molar-refractivity contribution in [3.8, 4) is 0 Å². The van der Waals surface area contributed by atoms with E-state index in [0.717, 1.165) is 15.6 Å². The van der Waals surface area contributed by atoms with Gasteiger partial charge in [0, 0.05) is 16.8 Å². The summed E-state index contributed by atoms with van der Waals surface area (Å²) in [7, 11) is 0. The maximum atomic E-state index is 12.2. The summed E-state index contributed by atoms with van der Waals surface area (Å²) in [6, 6.07) is 17.1. The van der Waals surface area contributed by atoms with Crippen LogP contribution in [0.4, 0.5) is 0 Å². The Labute approximate surface area is 132 Å². The van der Waals surface area contributed by atoms with Crippen LogP contribution in [-0.2, 0) is 6.54 Å². The number of amides is 1. The summed E-state index contributed by atoms with van der Waals surface area (Å²) in [4.78, 5) is 12.9. The summed E-state index contributed by atoms with van der Waals surface area (Å²) in [5.74, 6) is -0.0299. The van der Waals surface area contributed by atoms with E-state index in [9.17, 15) is 4.79 Å². The second-order valence-corrected chi connectivity index (χ2v) is 6.03. The fourth-order valence-corrected chi connectivity index (χ4v) is 3.14. The zero-order valence-corrected chi connectivity index (χ0v) is 12.6. The first-order valence-corrected chi connectivity index (χ1v) is 7.65. The van der Waals surface area contributed by atoms with Crippen LogP contribution in [0.15, 0.2) is 54.6 Å². The van der Waals surface area contributed by atoms with Crippen molar-refractivity contribution >= 4 is 33.2 Å². The Kier molecular flexibility index (Phi) is 3.89. The van der Waals surface area contributed by atoms with Crippen molar-refractivity contribution in [3.63, 3.8) is 0 Å². The average Bonchev–Trinajstić information content (AvgIpc) is 2.97. The summed E-state index contributed by atoms with van der Waals surface area (Å²) in [5, 5.41) is 11.3. The topological polar surface area (TPSA) is 79.0 Å². The first-order valence-electron chi connectivity index (χ1n) is 6.83. The lowest BCUT2D eigenvalue weighted by Crippen LogP contribution is -2.21. The number of carbonyl (C=O) groups is 1. The third-order valence-corrected chi connectivity index (χ3v) is 4.48. The fourth-order valence-electron chi connectivity index (χ4n) is 2.17. The summed E-state index contributed by atoms with van der Waals surface area (Å²) in [6.07, 6.45) is 0. The van der Waals surface area contributed by atoms with Gasteiger partial charge in [-0.05, 0) is 23.1 Å². The molecule has 0 radical (unpaired) electrons. The third-order valence-electron chi connectivity index (χ3n) is 3.37. The quantitative estimate of drug-likeness (QED) is 0.511. The lowest BCUT2D eigenvalue weighted by Gasteiger charge is -2.05. The predicted octanol–water partition coefficient (Wildman–Crippen LogP) is 3.12. The van der Waals surface area contributed by atoms with Gasteiger partial charge in [0.05, 0.1) is 4.88 Å². The van der Waals surface area contributed by atoms with Crippen molar-refractivity contribution in [1.29, 1.82) is 5.41 Å². The molecule has 5 heteroatoms. The van der Waals surface area contributed by atoms with Crippen LogP contribution in [0.1, 0.15) is 20.8 Å². The molecule has 0 aliphatic rings. The number of thiophene rings is 1. The highest BCUT2D eigenvalue weighted by Gasteiger charge is 2.09. The zero-order chi connectivity index (χ0) is 15.5. The molecule has 3 aromatic rings. The molecule has 0 aliphatic carbocycles. The van der Waals surface area contributed by atoms with Crippen LogP contribution in [-0.4, -0.2) is 11.7 Å². The standard InChI is InChI=1S/C17H15N3OS/c18-16(19)12-7-5-11(6-8-12)10-20-17(21)15-9-13-3-1-2-4-14(13)22-15/h1-9H,10H2,(H3,18,19)(H,20,21). The number of hydrogen-bond acceptors (Lipinski definition) is 3. The van der Waals surface area contributed by atoms with E-state index in [2.05, 4.69) is 5.32 Å². The Balaban J connectivity index is 1.67. The molecule has 1 aromatic heterocycles.